The standard InChI is InChI=1S/C23H36N2O2.2ClH/c1-26-22-11-5-10-21-19(12-18-27-23(21)22)7-6-13-24-14-16-25(17-15-24)20-8-3-2-4-9-20;;/h5,10-11,19-20H,2-4,6-9,12-18H2,1H3;2*1H. The van der Waals surface area contributed by atoms with Gasteiger partial charge in [-0.1, -0.05) is 31.4 Å². The van der Waals surface area contributed by atoms with Crippen LogP contribution in [0.1, 0.15) is 62.8 Å². The van der Waals surface area contributed by atoms with Gasteiger partial charge < -0.3 is 14.4 Å². The van der Waals surface area contributed by atoms with Crippen molar-refractivity contribution in [3.8, 4) is 11.5 Å². The van der Waals surface area contributed by atoms with Gasteiger partial charge in [-0.05, 0) is 50.6 Å². The molecule has 3 aliphatic rings. The van der Waals surface area contributed by atoms with Gasteiger partial charge in [0.1, 0.15) is 0 Å². The van der Waals surface area contributed by atoms with Crippen LogP contribution < -0.4 is 9.47 Å². The van der Waals surface area contributed by atoms with Crippen LogP contribution in [0.2, 0.25) is 0 Å². The molecule has 6 heteroatoms. The molecule has 2 aliphatic heterocycles. The highest BCUT2D eigenvalue weighted by Gasteiger charge is 2.26. The van der Waals surface area contributed by atoms with E-state index in [2.05, 4.69) is 21.9 Å². The van der Waals surface area contributed by atoms with E-state index in [1.54, 1.807) is 7.11 Å². The summed E-state index contributed by atoms with van der Waals surface area (Å²) in [5.41, 5.74) is 1.35. The zero-order valence-corrected chi connectivity index (χ0v) is 19.4. The Labute approximate surface area is 189 Å². The molecule has 0 N–H and O–H groups in total. The molecule has 4 rings (SSSR count). The lowest BCUT2D eigenvalue weighted by Gasteiger charge is -2.41. The summed E-state index contributed by atoms with van der Waals surface area (Å²) in [5.74, 6) is 2.49. The molecule has 29 heavy (non-hydrogen) atoms. The van der Waals surface area contributed by atoms with E-state index in [1.807, 2.05) is 6.07 Å². The number of para-hydroxylation sites is 1. The molecule has 0 aromatic heterocycles. The average Bonchev–Trinajstić information content (AvgIpc) is 2.74. The third kappa shape index (κ3) is 6.16. The number of benzene rings is 1. The molecule has 0 bridgehead atoms. The van der Waals surface area contributed by atoms with E-state index in [0.717, 1.165) is 30.6 Å². The highest BCUT2D eigenvalue weighted by molar-refractivity contribution is 5.85. The van der Waals surface area contributed by atoms with Crippen molar-refractivity contribution in [2.75, 3.05) is 46.4 Å². The first kappa shape index (κ1) is 24.6. The summed E-state index contributed by atoms with van der Waals surface area (Å²) in [6, 6.07) is 7.22. The predicted octanol–water partition coefficient (Wildman–Crippen LogP) is 5.14. The molecule has 1 saturated carbocycles. The highest BCUT2D eigenvalue weighted by atomic mass is 35.5. The molecule has 1 atom stereocenters. The second-order valence-corrected chi connectivity index (χ2v) is 8.52. The topological polar surface area (TPSA) is 24.9 Å². The maximum Gasteiger partial charge on any atom is 0.164 e. The van der Waals surface area contributed by atoms with Crippen molar-refractivity contribution in [3.05, 3.63) is 23.8 Å². The van der Waals surface area contributed by atoms with Gasteiger partial charge >= 0.3 is 0 Å². The number of piperazine rings is 1. The summed E-state index contributed by atoms with van der Waals surface area (Å²) in [7, 11) is 1.73. The number of nitrogens with zero attached hydrogens (tertiary/aromatic N) is 2. The molecular formula is C23H38Cl2N2O2. The molecule has 0 amide bonds. The maximum absolute atomic E-state index is 5.90. The first-order valence-corrected chi connectivity index (χ1v) is 11.1. The van der Waals surface area contributed by atoms with Crippen LogP contribution in [-0.2, 0) is 0 Å². The zero-order valence-electron chi connectivity index (χ0n) is 17.8. The first-order chi connectivity index (χ1) is 13.3. The fourth-order valence-electron chi connectivity index (χ4n) is 5.29. The summed E-state index contributed by atoms with van der Waals surface area (Å²) in [5, 5.41) is 0. The Hall–Kier alpha value is -0.680. The van der Waals surface area contributed by atoms with Crippen LogP contribution >= 0.6 is 24.8 Å². The molecule has 1 saturated heterocycles. The van der Waals surface area contributed by atoms with Gasteiger partial charge in [-0.3, -0.25) is 4.90 Å². The van der Waals surface area contributed by atoms with Gasteiger partial charge in [0, 0.05) is 37.8 Å². The average molecular weight is 445 g/mol. The van der Waals surface area contributed by atoms with E-state index < -0.39 is 0 Å². The van der Waals surface area contributed by atoms with Crippen molar-refractivity contribution in [2.24, 2.45) is 0 Å². The van der Waals surface area contributed by atoms with Gasteiger partial charge in [-0.25, -0.2) is 0 Å². The quantitative estimate of drug-likeness (QED) is 0.606. The fraction of sp³-hybridized carbons (Fsp3) is 0.739. The number of hydrogen-bond acceptors (Lipinski definition) is 4. The van der Waals surface area contributed by atoms with Crippen LogP contribution in [0.25, 0.3) is 0 Å². The molecule has 166 valence electrons. The van der Waals surface area contributed by atoms with E-state index in [-0.39, 0.29) is 24.8 Å². The Morgan fingerprint density at radius 2 is 1.76 bits per heavy atom. The summed E-state index contributed by atoms with van der Waals surface area (Å²) < 4.78 is 11.4. The van der Waals surface area contributed by atoms with Crippen LogP contribution in [0, 0.1) is 0 Å². The van der Waals surface area contributed by atoms with E-state index in [9.17, 15) is 0 Å². The van der Waals surface area contributed by atoms with Gasteiger partial charge in [0.25, 0.3) is 0 Å². The molecule has 0 spiro atoms. The van der Waals surface area contributed by atoms with E-state index in [4.69, 9.17) is 9.47 Å². The molecule has 1 aromatic rings. The lowest BCUT2D eigenvalue weighted by Crippen LogP contribution is -2.50. The Balaban J connectivity index is 0.00000150. The predicted molar refractivity (Wildman–Crippen MR) is 124 cm³/mol. The van der Waals surface area contributed by atoms with Crippen LogP contribution in [0.4, 0.5) is 0 Å². The third-order valence-electron chi connectivity index (χ3n) is 6.91. The summed E-state index contributed by atoms with van der Waals surface area (Å²) >= 11 is 0. The summed E-state index contributed by atoms with van der Waals surface area (Å²) in [6.45, 7) is 7.14. The molecular weight excluding hydrogens is 407 g/mol. The summed E-state index contributed by atoms with van der Waals surface area (Å²) in [6.07, 6.45) is 10.9. The smallest absolute Gasteiger partial charge is 0.164 e. The monoisotopic (exact) mass is 444 g/mol. The minimum absolute atomic E-state index is 0. The maximum atomic E-state index is 5.90. The number of halogens is 2. The van der Waals surface area contributed by atoms with Gasteiger partial charge in [0.05, 0.1) is 13.7 Å². The van der Waals surface area contributed by atoms with Crippen LogP contribution in [0.3, 0.4) is 0 Å². The Bertz CT molecular complexity index is 603. The molecule has 4 nitrogen and oxygen atoms in total. The van der Waals surface area contributed by atoms with E-state index >= 15 is 0 Å². The van der Waals surface area contributed by atoms with Gasteiger partial charge in [-0.2, -0.15) is 0 Å². The number of ether oxygens (including phenoxy) is 2. The van der Waals surface area contributed by atoms with Gasteiger partial charge in [0.2, 0.25) is 0 Å². The highest BCUT2D eigenvalue weighted by Crippen LogP contribution is 2.42. The van der Waals surface area contributed by atoms with Crippen molar-refractivity contribution in [3.63, 3.8) is 0 Å². The SMILES string of the molecule is COc1cccc2c1OCCC2CCCN1CCN(C2CCCCC2)CC1.Cl.Cl. The third-order valence-corrected chi connectivity index (χ3v) is 6.91. The van der Waals surface area contributed by atoms with Crippen molar-refractivity contribution in [1.29, 1.82) is 0 Å². The molecule has 1 aromatic carbocycles. The molecule has 2 heterocycles. The number of fused-ring (bicyclic) bond motifs is 1. The van der Waals surface area contributed by atoms with Crippen LogP contribution in [0.5, 0.6) is 11.5 Å². The van der Waals surface area contributed by atoms with Crippen molar-refractivity contribution in [2.45, 2.75) is 63.3 Å². The van der Waals surface area contributed by atoms with Crippen LogP contribution in [0.15, 0.2) is 18.2 Å². The van der Waals surface area contributed by atoms with Crippen LogP contribution in [-0.4, -0.2) is 62.3 Å². The van der Waals surface area contributed by atoms with E-state index in [0.29, 0.717) is 5.92 Å². The van der Waals surface area contributed by atoms with Crippen molar-refractivity contribution < 1.29 is 9.47 Å². The largest absolute Gasteiger partial charge is 0.493 e. The number of rotatable bonds is 6. The summed E-state index contributed by atoms with van der Waals surface area (Å²) in [4.78, 5) is 5.46. The first-order valence-electron chi connectivity index (χ1n) is 11.1. The minimum Gasteiger partial charge on any atom is -0.493 e. The molecule has 2 fully saturated rings. The second-order valence-electron chi connectivity index (χ2n) is 8.52. The molecule has 1 unspecified atom stereocenters. The van der Waals surface area contributed by atoms with Gasteiger partial charge in [-0.15, -0.1) is 24.8 Å². The lowest BCUT2D eigenvalue weighted by atomic mass is 9.89. The van der Waals surface area contributed by atoms with Gasteiger partial charge in [0.15, 0.2) is 11.5 Å². The number of methoxy groups -OCH3 is 1. The van der Waals surface area contributed by atoms with E-state index in [1.165, 1.54) is 83.2 Å². The molecule has 0 radical (unpaired) electrons. The second kappa shape index (κ2) is 12.2. The lowest BCUT2D eigenvalue weighted by molar-refractivity contribution is 0.0777. The normalized spacial score (nSPS) is 23.3. The zero-order chi connectivity index (χ0) is 18.5. The Kier molecular flexibility index (Phi) is 10.4. The number of hydrogen-bond donors (Lipinski definition) is 0. The molecule has 1 aliphatic carbocycles. The minimum atomic E-state index is 0. The van der Waals surface area contributed by atoms with Crippen molar-refractivity contribution in [1.82, 2.24) is 9.80 Å². The Morgan fingerprint density at radius 3 is 2.48 bits per heavy atom. The fourth-order valence-corrected chi connectivity index (χ4v) is 5.29. The van der Waals surface area contributed by atoms with Crippen molar-refractivity contribution >= 4 is 24.8 Å². The Morgan fingerprint density at radius 1 is 1.00 bits per heavy atom.